The van der Waals surface area contributed by atoms with Gasteiger partial charge in [-0.2, -0.15) is 0 Å². The lowest BCUT2D eigenvalue weighted by molar-refractivity contribution is 0.318. The summed E-state index contributed by atoms with van der Waals surface area (Å²) in [5, 5.41) is 11.4. The van der Waals surface area contributed by atoms with Crippen LogP contribution in [0.5, 0.6) is 0 Å². The van der Waals surface area contributed by atoms with Crippen LogP contribution in [0.1, 0.15) is 5.01 Å². The second-order valence-corrected chi connectivity index (χ2v) is 3.12. The van der Waals surface area contributed by atoms with Crippen molar-refractivity contribution in [3.63, 3.8) is 0 Å². The quantitative estimate of drug-likeness (QED) is 0.290. The molecule has 3 N–H and O–H groups in total. The van der Waals surface area contributed by atoms with Crippen molar-refractivity contribution in [2.75, 3.05) is 0 Å². The fourth-order valence-electron chi connectivity index (χ4n) is 0.416. The van der Waals surface area contributed by atoms with Crippen LogP contribution in [0, 0.1) is 0 Å². The average molecular weight is 178 g/mol. The van der Waals surface area contributed by atoms with Gasteiger partial charge in [-0.1, -0.05) is 28.1 Å². The zero-order chi connectivity index (χ0) is 7.56. The average Bonchev–Trinajstić information content (AvgIpc) is 2.34. The third-order valence-electron chi connectivity index (χ3n) is 0.804. The predicted molar refractivity (Wildman–Crippen MR) is 39.6 cm³/mol. The predicted octanol–water partition coefficient (Wildman–Crippen LogP) is 0.891. The molecule has 0 aliphatic carbocycles. The molecule has 0 atom stereocenters. The number of hydrogen-bond acceptors (Lipinski definition) is 4. The van der Waals surface area contributed by atoms with Gasteiger partial charge in [0, 0.05) is 0 Å². The maximum atomic E-state index is 8.18. The van der Waals surface area contributed by atoms with Gasteiger partial charge in [-0.25, -0.2) is 4.98 Å². The normalized spacial score (nSPS) is 11.9. The summed E-state index contributed by atoms with van der Waals surface area (Å²) in [4.78, 5) is 3.76. The number of thiazole rings is 1. The summed E-state index contributed by atoms with van der Waals surface area (Å²) in [5.41, 5.74) is 5.20. The SMILES string of the molecule is N/C(=N\O)c1ncc(Cl)s1. The Balaban J connectivity index is 2.95. The molecule has 0 saturated heterocycles. The Bertz CT molecular complexity index is 259. The van der Waals surface area contributed by atoms with Crippen LogP contribution in [0.2, 0.25) is 4.34 Å². The van der Waals surface area contributed by atoms with Crippen molar-refractivity contribution in [1.29, 1.82) is 0 Å². The fraction of sp³-hybridized carbons (Fsp3) is 0. The number of oxime groups is 1. The molecule has 0 saturated carbocycles. The van der Waals surface area contributed by atoms with E-state index >= 15 is 0 Å². The van der Waals surface area contributed by atoms with Gasteiger partial charge in [-0.3, -0.25) is 0 Å². The molecule has 0 aromatic carbocycles. The third-order valence-corrected chi connectivity index (χ3v) is 1.94. The summed E-state index contributed by atoms with van der Waals surface area (Å²) in [7, 11) is 0. The minimum Gasteiger partial charge on any atom is -0.409 e. The van der Waals surface area contributed by atoms with Crippen LogP contribution >= 0.6 is 22.9 Å². The van der Waals surface area contributed by atoms with Crippen LogP contribution in [0.4, 0.5) is 0 Å². The highest BCUT2D eigenvalue weighted by Gasteiger charge is 2.03. The van der Waals surface area contributed by atoms with Crippen LogP contribution in [0.25, 0.3) is 0 Å². The molecule has 0 spiro atoms. The minimum atomic E-state index is -0.0168. The number of nitrogens with zero attached hydrogens (tertiary/aromatic N) is 2. The molecular weight excluding hydrogens is 174 g/mol. The van der Waals surface area contributed by atoms with E-state index in [0.29, 0.717) is 9.34 Å². The molecule has 0 aliphatic heterocycles. The van der Waals surface area contributed by atoms with E-state index in [1.165, 1.54) is 6.20 Å². The summed E-state index contributed by atoms with van der Waals surface area (Å²) in [6.45, 7) is 0. The largest absolute Gasteiger partial charge is 0.409 e. The summed E-state index contributed by atoms with van der Waals surface area (Å²) in [6.07, 6.45) is 1.44. The van der Waals surface area contributed by atoms with E-state index in [2.05, 4.69) is 10.1 Å². The van der Waals surface area contributed by atoms with Crippen molar-refractivity contribution in [3.8, 4) is 0 Å². The molecule has 1 aromatic heterocycles. The molecule has 54 valence electrons. The highest BCUT2D eigenvalue weighted by Crippen LogP contribution is 2.17. The number of rotatable bonds is 1. The molecule has 0 unspecified atom stereocenters. The molecule has 0 radical (unpaired) electrons. The molecule has 1 rings (SSSR count). The maximum Gasteiger partial charge on any atom is 0.199 e. The highest BCUT2D eigenvalue weighted by atomic mass is 35.5. The molecule has 0 bridgehead atoms. The molecule has 1 aromatic rings. The Morgan fingerprint density at radius 3 is 3.00 bits per heavy atom. The van der Waals surface area contributed by atoms with E-state index < -0.39 is 0 Å². The van der Waals surface area contributed by atoms with Crippen molar-refractivity contribution in [1.82, 2.24) is 4.98 Å². The van der Waals surface area contributed by atoms with E-state index in [0.717, 1.165) is 11.3 Å². The van der Waals surface area contributed by atoms with Crippen molar-refractivity contribution in [3.05, 3.63) is 15.5 Å². The van der Waals surface area contributed by atoms with Crippen molar-refractivity contribution >= 4 is 28.8 Å². The smallest absolute Gasteiger partial charge is 0.199 e. The second-order valence-electron chi connectivity index (χ2n) is 1.45. The summed E-state index contributed by atoms with van der Waals surface area (Å²) < 4.78 is 0.515. The maximum absolute atomic E-state index is 8.18. The second kappa shape index (κ2) is 2.85. The van der Waals surface area contributed by atoms with Gasteiger partial charge in [-0.05, 0) is 0 Å². The highest BCUT2D eigenvalue weighted by molar-refractivity contribution is 7.17. The first kappa shape index (κ1) is 7.30. The Hall–Kier alpha value is -0.810. The van der Waals surface area contributed by atoms with Gasteiger partial charge in [-0.15, -0.1) is 0 Å². The van der Waals surface area contributed by atoms with Gasteiger partial charge >= 0.3 is 0 Å². The molecular formula is C4H4ClN3OS. The number of amidine groups is 1. The van der Waals surface area contributed by atoms with Crippen molar-refractivity contribution in [2.24, 2.45) is 10.9 Å². The Morgan fingerprint density at radius 2 is 2.60 bits per heavy atom. The minimum absolute atomic E-state index is 0.0168. The van der Waals surface area contributed by atoms with Gasteiger partial charge < -0.3 is 10.9 Å². The monoisotopic (exact) mass is 177 g/mol. The summed E-state index contributed by atoms with van der Waals surface area (Å²) >= 11 is 6.68. The number of hydrogen-bond donors (Lipinski definition) is 2. The van der Waals surface area contributed by atoms with Crippen LogP contribution in [0.3, 0.4) is 0 Å². The molecule has 10 heavy (non-hydrogen) atoms. The lowest BCUT2D eigenvalue weighted by Gasteiger charge is -1.86. The molecule has 0 amide bonds. The summed E-state index contributed by atoms with van der Waals surface area (Å²) in [5.74, 6) is -0.0168. The fourth-order valence-corrected chi connectivity index (χ4v) is 1.22. The molecule has 1 heterocycles. The standard InChI is InChI=1S/C4H4ClN3OS/c5-2-1-7-4(10-2)3(6)8-9/h1,9H,(H2,6,8). The number of halogens is 1. The lowest BCUT2D eigenvalue weighted by atomic mass is 10.6. The number of aromatic nitrogens is 1. The third kappa shape index (κ3) is 1.37. The molecule has 0 aliphatic rings. The first-order valence-electron chi connectivity index (χ1n) is 2.33. The number of nitrogens with two attached hydrogens (primary N) is 1. The van der Waals surface area contributed by atoms with Gasteiger partial charge in [0.05, 0.1) is 6.20 Å². The zero-order valence-corrected chi connectivity index (χ0v) is 6.35. The van der Waals surface area contributed by atoms with E-state index in [1.54, 1.807) is 0 Å². The molecule has 0 fully saturated rings. The first-order valence-corrected chi connectivity index (χ1v) is 3.52. The summed E-state index contributed by atoms with van der Waals surface area (Å²) in [6, 6.07) is 0. The van der Waals surface area contributed by atoms with Crippen LogP contribution in [-0.2, 0) is 0 Å². The van der Waals surface area contributed by atoms with Gasteiger partial charge in [0.1, 0.15) is 4.34 Å². The Labute approximate surface area is 65.9 Å². The Morgan fingerprint density at radius 1 is 1.90 bits per heavy atom. The van der Waals surface area contributed by atoms with Crippen molar-refractivity contribution < 1.29 is 5.21 Å². The van der Waals surface area contributed by atoms with Gasteiger partial charge in [0.15, 0.2) is 10.8 Å². The van der Waals surface area contributed by atoms with E-state index in [-0.39, 0.29) is 5.84 Å². The van der Waals surface area contributed by atoms with Gasteiger partial charge in [0.2, 0.25) is 0 Å². The van der Waals surface area contributed by atoms with Crippen LogP contribution in [0.15, 0.2) is 11.4 Å². The van der Waals surface area contributed by atoms with Crippen LogP contribution < -0.4 is 5.73 Å². The molecule has 4 nitrogen and oxygen atoms in total. The van der Waals surface area contributed by atoms with E-state index in [1.807, 2.05) is 0 Å². The van der Waals surface area contributed by atoms with Crippen LogP contribution in [-0.4, -0.2) is 16.0 Å². The Kier molecular flexibility index (Phi) is 2.08. The van der Waals surface area contributed by atoms with E-state index in [9.17, 15) is 0 Å². The van der Waals surface area contributed by atoms with E-state index in [4.69, 9.17) is 22.5 Å². The first-order chi connectivity index (χ1) is 4.74. The topological polar surface area (TPSA) is 71.5 Å². The van der Waals surface area contributed by atoms with Crippen molar-refractivity contribution in [2.45, 2.75) is 0 Å². The molecule has 6 heteroatoms. The van der Waals surface area contributed by atoms with Gasteiger partial charge in [0.25, 0.3) is 0 Å². The zero-order valence-electron chi connectivity index (χ0n) is 4.78. The lowest BCUT2D eigenvalue weighted by Crippen LogP contribution is -2.12.